The third-order valence-corrected chi connectivity index (χ3v) is 5.55. The Kier molecular flexibility index (Phi) is 7.05. The van der Waals surface area contributed by atoms with Gasteiger partial charge in [0.25, 0.3) is 0 Å². The first-order chi connectivity index (χ1) is 11.1. The number of carbonyl (C=O) groups excluding carboxylic acids is 1. The number of thioether (sulfide) groups is 1. The molecule has 1 unspecified atom stereocenters. The maximum absolute atomic E-state index is 12.2. The average molecular weight is 404 g/mol. The van der Waals surface area contributed by atoms with Crippen LogP contribution in [0.2, 0.25) is 0 Å². The minimum Gasteiger partial charge on any atom is -0.493 e. The Morgan fingerprint density at radius 1 is 1.30 bits per heavy atom. The second kappa shape index (κ2) is 8.80. The largest absolute Gasteiger partial charge is 0.493 e. The van der Waals surface area contributed by atoms with E-state index in [1.54, 1.807) is 26.0 Å². The molecule has 1 fully saturated rings. The highest BCUT2D eigenvalue weighted by molar-refractivity contribution is 9.10. The van der Waals surface area contributed by atoms with Gasteiger partial charge in [-0.25, -0.2) is 0 Å². The van der Waals surface area contributed by atoms with Crippen LogP contribution in [0.3, 0.4) is 0 Å². The molecule has 0 spiro atoms. The third kappa shape index (κ3) is 4.33. The van der Waals surface area contributed by atoms with Crippen LogP contribution in [0.25, 0.3) is 0 Å². The predicted molar refractivity (Wildman–Crippen MR) is 95.3 cm³/mol. The molecule has 5 nitrogen and oxygen atoms in total. The van der Waals surface area contributed by atoms with Crippen LogP contribution in [-0.4, -0.2) is 50.5 Å². The van der Waals surface area contributed by atoms with Crippen LogP contribution in [0.4, 0.5) is 0 Å². The monoisotopic (exact) mass is 403 g/mol. The number of nitrogens with zero attached hydrogens (tertiary/aromatic N) is 1. The maximum atomic E-state index is 12.2. The highest BCUT2D eigenvalue weighted by Crippen LogP contribution is 2.45. The number of hydrogen-bond donors (Lipinski definition) is 0. The molecule has 0 aromatic heterocycles. The van der Waals surface area contributed by atoms with Gasteiger partial charge < -0.3 is 19.1 Å². The van der Waals surface area contributed by atoms with Gasteiger partial charge in [-0.05, 0) is 25.5 Å². The summed E-state index contributed by atoms with van der Waals surface area (Å²) < 4.78 is 17.0. The zero-order chi connectivity index (χ0) is 16.8. The maximum Gasteiger partial charge on any atom is 0.233 e. The lowest BCUT2D eigenvalue weighted by atomic mass is 10.1. The van der Waals surface area contributed by atoms with Gasteiger partial charge in [0.2, 0.25) is 5.91 Å². The van der Waals surface area contributed by atoms with Gasteiger partial charge in [0.05, 0.1) is 20.0 Å². The summed E-state index contributed by atoms with van der Waals surface area (Å²) >= 11 is 5.22. The molecular weight excluding hydrogens is 382 g/mol. The summed E-state index contributed by atoms with van der Waals surface area (Å²) in [5, 5.41) is -0.0155. The van der Waals surface area contributed by atoms with Gasteiger partial charge in [-0.3, -0.25) is 4.79 Å². The fourth-order valence-electron chi connectivity index (χ4n) is 2.49. The molecular formula is C16H22BrNO4S. The van der Waals surface area contributed by atoms with Gasteiger partial charge in [-0.1, -0.05) is 15.9 Å². The molecule has 1 atom stereocenters. The smallest absolute Gasteiger partial charge is 0.233 e. The second-order valence-electron chi connectivity index (χ2n) is 5.03. The molecule has 23 heavy (non-hydrogen) atoms. The number of benzene rings is 1. The first-order valence-electron chi connectivity index (χ1n) is 7.52. The molecule has 1 saturated heterocycles. The van der Waals surface area contributed by atoms with E-state index in [0.29, 0.717) is 37.0 Å². The molecule has 1 amide bonds. The molecule has 0 N–H and O–H groups in total. The highest BCUT2D eigenvalue weighted by atomic mass is 79.9. The summed E-state index contributed by atoms with van der Waals surface area (Å²) in [5.41, 5.74) is 1.02. The molecule has 1 aromatic rings. The van der Waals surface area contributed by atoms with Crippen LogP contribution in [0.5, 0.6) is 11.5 Å². The number of hydrogen-bond acceptors (Lipinski definition) is 5. The summed E-state index contributed by atoms with van der Waals surface area (Å²) in [5.74, 6) is 2.00. The molecule has 2 rings (SSSR count). The van der Waals surface area contributed by atoms with E-state index < -0.39 is 0 Å². The van der Waals surface area contributed by atoms with E-state index in [2.05, 4.69) is 15.9 Å². The standard InChI is InChI=1S/C16H22BrNO4S/c1-4-22-7-5-6-18-15(19)10-23-16(18)11-8-13(20-2)14(21-3)9-12(11)17/h8-9,16H,4-7,10H2,1-3H3. The second-order valence-corrected chi connectivity index (χ2v) is 6.95. The van der Waals surface area contributed by atoms with Crippen molar-refractivity contribution in [2.45, 2.75) is 18.7 Å². The van der Waals surface area contributed by atoms with Gasteiger partial charge in [-0.2, -0.15) is 0 Å². The SMILES string of the molecule is CCOCCCN1C(=O)CSC1c1cc(OC)c(OC)cc1Br. The number of carbonyl (C=O) groups is 1. The van der Waals surface area contributed by atoms with E-state index in [4.69, 9.17) is 14.2 Å². The van der Waals surface area contributed by atoms with Crippen molar-refractivity contribution in [1.82, 2.24) is 4.90 Å². The summed E-state index contributed by atoms with van der Waals surface area (Å²) in [6.07, 6.45) is 0.835. The van der Waals surface area contributed by atoms with E-state index >= 15 is 0 Å². The zero-order valence-electron chi connectivity index (χ0n) is 13.6. The molecule has 0 saturated carbocycles. The van der Waals surface area contributed by atoms with Crippen LogP contribution in [-0.2, 0) is 9.53 Å². The van der Waals surface area contributed by atoms with E-state index in [1.165, 1.54) is 0 Å². The van der Waals surface area contributed by atoms with Crippen molar-refractivity contribution < 1.29 is 19.0 Å². The number of halogens is 1. The first-order valence-corrected chi connectivity index (χ1v) is 9.36. The van der Waals surface area contributed by atoms with Crippen molar-refractivity contribution in [3.63, 3.8) is 0 Å². The first kappa shape index (κ1) is 18.4. The van der Waals surface area contributed by atoms with E-state index in [-0.39, 0.29) is 11.3 Å². The fraction of sp³-hybridized carbons (Fsp3) is 0.562. The van der Waals surface area contributed by atoms with Gasteiger partial charge >= 0.3 is 0 Å². The lowest BCUT2D eigenvalue weighted by Gasteiger charge is -2.25. The minimum absolute atomic E-state index is 0.0155. The van der Waals surface area contributed by atoms with E-state index in [1.807, 2.05) is 24.0 Å². The van der Waals surface area contributed by atoms with Crippen molar-refractivity contribution >= 4 is 33.6 Å². The average Bonchev–Trinajstić information content (AvgIpc) is 2.92. The van der Waals surface area contributed by atoms with Crippen molar-refractivity contribution in [2.24, 2.45) is 0 Å². The van der Waals surface area contributed by atoms with Crippen molar-refractivity contribution in [2.75, 3.05) is 39.7 Å². The van der Waals surface area contributed by atoms with Gasteiger partial charge in [-0.15, -0.1) is 11.8 Å². The fourth-order valence-corrected chi connectivity index (χ4v) is 4.43. The molecule has 128 valence electrons. The van der Waals surface area contributed by atoms with Gasteiger partial charge in [0.1, 0.15) is 5.37 Å². The molecule has 0 bridgehead atoms. The minimum atomic E-state index is -0.0155. The summed E-state index contributed by atoms with van der Waals surface area (Å²) in [7, 11) is 3.22. The Hall–Kier alpha value is -0.920. The highest BCUT2D eigenvalue weighted by Gasteiger charge is 2.34. The number of ether oxygens (including phenoxy) is 3. The Labute approximate surface area is 149 Å². The Morgan fingerprint density at radius 2 is 2.00 bits per heavy atom. The lowest BCUT2D eigenvalue weighted by molar-refractivity contribution is -0.128. The predicted octanol–water partition coefficient (Wildman–Crippen LogP) is 3.47. The Morgan fingerprint density at radius 3 is 2.65 bits per heavy atom. The van der Waals surface area contributed by atoms with Gasteiger partial charge in [0, 0.05) is 29.8 Å². The van der Waals surface area contributed by atoms with Crippen LogP contribution in [0.15, 0.2) is 16.6 Å². The topological polar surface area (TPSA) is 48.0 Å². The van der Waals surface area contributed by atoms with Crippen molar-refractivity contribution in [3.05, 3.63) is 22.2 Å². The Bertz CT molecular complexity index is 555. The summed E-state index contributed by atoms with van der Waals surface area (Å²) in [6.45, 7) is 4.04. The van der Waals surface area contributed by atoms with E-state index in [0.717, 1.165) is 16.5 Å². The normalized spacial score (nSPS) is 17.7. The van der Waals surface area contributed by atoms with Crippen LogP contribution < -0.4 is 9.47 Å². The van der Waals surface area contributed by atoms with Crippen LogP contribution >= 0.6 is 27.7 Å². The lowest BCUT2D eigenvalue weighted by Crippen LogP contribution is -2.30. The van der Waals surface area contributed by atoms with Gasteiger partial charge in [0.15, 0.2) is 11.5 Å². The molecule has 1 heterocycles. The van der Waals surface area contributed by atoms with E-state index in [9.17, 15) is 4.79 Å². The number of methoxy groups -OCH3 is 2. The van der Waals surface area contributed by atoms with Crippen molar-refractivity contribution in [3.8, 4) is 11.5 Å². The molecule has 1 aromatic carbocycles. The molecule has 1 aliphatic heterocycles. The van der Waals surface area contributed by atoms with Crippen LogP contribution in [0.1, 0.15) is 24.3 Å². The molecule has 0 aliphatic carbocycles. The quantitative estimate of drug-likeness (QED) is 0.621. The van der Waals surface area contributed by atoms with Crippen LogP contribution in [0, 0.1) is 0 Å². The zero-order valence-corrected chi connectivity index (χ0v) is 16.0. The summed E-state index contributed by atoms with van der Waals surface area (Å²) in [4.78, 5) is 14.1. The molecule has 0 radical (unpaired) electrons. The van der Waals surface area contributed by atoms with Crippen molar-refractivity contribution in [1.29, 1.82) is 0 Å². The number of amides is 1. The molecule has 7 heteroatoms. The summed E-state index contributed by atoms with van der Waals surface area (Å²) in [6, 6.07) is 3.82. The molecule has 1 aliphatic rings. The number of rotatable bonds is 8. The third-order valence-electron chi connectivity index (χ3n) is 3.63. The Balaban J connectivity index is 2.19.